The first kappa shape index (κ1) is 11.7. The summed E-state index contributed by atoms with van der Waals surface area (Å²) in [5, 5.41) is 26.7. The average Bonchev–Trinajstić information content (AvgIpc) is 2.63. The van der Waals surface area contributed by atoms with Crippen molar-refractivity contribution in [2.24, 2.45) is 0 Å². The topological polar surface area (TPSA) is 67.5 Å². The second-order valence-electron chi connectivity index (χ2n) is 4.04. The van der Waals surface area contributed by atoms with Crippen LogP contribution < -0.4 is 0 Å². The number of aliphatic hydroxyl groups excluding tert-OH is 2. The molecule has 0 spiro atoms. The molecule has 1 aromatic carbocycles. The molecule has 0 fully saturated rings. The fourth-order valence-electron chi connectivity index (χ4n) is 1.99. The van der Waals surface area contributed by atoms with Gasteiger partial charge in [-0.3, -0.25) is 5.41 Å². The maximum atomic E-state index is 9.92. The van der Waals surface area contributed by atoms with Crippen LogP contribution in [0.3, 0.4) is 0 Å². The third-order valence-corrected chi connectivity index (χ3v) is 2.83. The lowest BCUT2D eigenvalue weighted by Crippen LogP contribution is -2.28. The lowest BCUT2D eigenvalue weighted by atomic mass is 10.1. The van der Waals surface area contributed by atoms with Crippen LogP contribution in [0.15, 0.2) is 36.1 Å². The Hall–Kier alpha value is -1.81. The van der Waals surface area contributed by atoms with Crippen LogP contribution in [0, 0.1) is 5.41 Å². The van der Waals surface area contributed by atoms with Gasteiger partial charge in [-0.2, -0.15) is 0 Å². The van der Waals surface area contributed by atoms with Crippen molar-refractivity contribution in [3.63, 3.8) is 0 Å². The molecule has 2 rings (SSSR count). The van der Waals surface area contributed by atoms with E-state index in [2.05, 4.69) is 0 Å². The van der Waals surface area contributed by atoms with Crippen LogP contribution in [0.2, 0.25) is 0 Å². The molecule has 4 heteroatoms. The van der Waals surface area contributed by atoms with Gasteiger partial charge in [0.05, 0.1) is 12.1 Å². The Kier molecular flexibility index (Phi) is 3.44. The smallest absolute Gasteiger partial charge is 0.132 e. The molecule has 0 saturated carbocycles. The minimum absolute atomic E-state index is 0.102. The molecule has 3 N–H and O–H groups in total. The summed E-state index contributed by atoms with van der Waals surface area (Å²) in [6, 6.07) is 9.45. The number of nitrogens with one attached hydrogen (secondary N) is 1. The van der Waals surface area contributed by atoms with E-state index in [0.717, 1.165) is 5.56 Å². The maximum Gasteiger partial charge on any atom is 0.132 e. The van der Waals surface area contributed by atoms with Crippen molar-refractivity contribution in [2.45, 2.75) is 6.42 Å². The Morgan fingerprint density at radius 1 is 1.24 bits per heavy atom. The zero-order valence-electron chi connectivity index (χ0n) is 9.56. The summed E-state index contributed by atoms with van der Waals surface area (Å²) in [5.74, 6) is 0.571. The van der Waals surface area contributed by atoms with Crippen LogP contribution in [0.1, 0.15) is 12.0 Å². The van der Waals surface area contributed by atoms with Crippen LogP contribution in [-0.2, 0) is 0 Å². The standard InChI is InChI=1S/C13H16N2O2/c14-13-12(10-5-2-1-3-6-10)11(17)9-15(13)7-4-8-16/h1-3,5-6,14,16-17H,4,7-9H2. The SMILES string of the molecule is N=C1C(c2ccccc2)=C(O)CN1CCCO. The van der Waals surface area contributed by atoms with Crippen LogP contribution in [-0.4, -0.2) is 40.6 Å². The first-order valence-electron chi connectivity index (χ1n) is 5.66. The number of benzene rings is 1. The zero-order valence-corrected chi connectivity index (χ0v) is 9.56. The van der Waals surface area contributed by atoms with Gasteiger partial charge in [-0.25, -0.2) is 0 Å². The summed E-state index contributed by atoms with van der Waals surface area (Å²) < 4.78 is 0. The fraction of sp³-hybridized carbons (Fsp3) is 0.308. The van der Waals surface area contributed by atoms with Crippen molar-refractivity contribution < 1.29 is 10.2 Å². The monoisotopic (exact) mass is 232 g/mol. The number of amidine groups is 1. The molecule has 0 aromatic heterocycles. The molecule has 1 aromatic rings. The van der Waals surface area contributed by atoms with Gasteiger partial charge in [0.1, 0.15) is 11.6 Å². The fourth-order valence-corrected chi connectivity index (χ4v) is 1.99. The van der Waals surface area contributed by atoms with Gasteiger partial charge in [0.2, 0.25) is 0 Å². The highest BCUT2D eigenvalue weighted by Gasteiger charge is 2.27. The van der Waals surface area contributed by atoms with Crippen LogP contribution in [0.25, 0.3) is 5.57 Å². The molecule has 0 atom stereocenters. The van der Waals surface area contributed by atoms with Crippen molar-refractivity contribution in [2.75, 3.05) is 19.7 Å². The van der Waals surface area contributed by atoms with E-state index in [9.17, 15) is 5.11 Å². The lowest BCUT2D eigenvalue weighted by molar-refractivity contribution is 0.265. The molecule has 0 radical (unpaired) electrons. The summed E-state index contributed by atoms with van der Waals surface area (Å²) >= 11 is 0. The Morgan fingerprint density at radius 2 is 1.94 bits per heavy atom. The second-order valence-corrected chi connectivity index (χ2v) is 4.04. The Balaban J connectivity index is 2.19. The lowest BCUT2D eigenvalue weighted by Gasteiger charge is -2.17. The molecule has 0 aliphatic carbocycles. The van der Waals surface area contributed by atoms with E-state index in [1.54, 1.807) is 4.90 Å². The molecule has 0 amide bonds. The van der Waals surface area contributed by atoms with Gasteiger partial charge in [0.25, 0.3) is 0 Å². The van der Waals surface area contributed by atoms with Gasteiger partial charge in [-0.1, -0.05) is 30.3 Å². The quantitative estimate of drug-likeness (QED) is 0.739. The molecule has 1 heterocycles. The maximum absolute atomic E-state index is 9.92. The Bertz CT molecular complexity index is 440. The molecule has 0 unspecified atom stereocenters. The number of rotatable bonds is 4. The van der Waals surface area contributed by atoms with E-state index in [1.807, 2.05) is 30.3 Å². The van der Waals surface area contributed by atoms with Gasteiger partial charge in [0, 0.05) is 13.2 Å². The molecule has 1 aliphatic heterocycles. The van der Waals surface area contributed by atoms with E-state index in [0.29, 0.717) is 30.9 Å². The third kappa shape index (κ3) is 2.31. The molecule has 17 heavy (non-hydrogen) atoms. The average molecular weight is 232 g/mol. The predicted molar refractivity (Wildman–Crippen MR) is 67.0 cm³/mol. The predicted octanol–water partition coefficient (Wildman–Crippen LogP) is 1.63. The van der Waals surface area contributed by atoms with E-state index < -0.39 is 0 Å². The number of nitrogens with zero attached hydrogens (tertiary/aromatic N) is 1. The minimum atomic E-state index is 0.102. The van der Waals surface area contributed by atoms with Crippen LogP contribution >= 0.6 is 0 Å². The Morgan fingerprint density at radius 3 is 2.59 bits per heavy atom. The number of aliphatic hydroxyl groups is 2. The van der Waals surface area contributed by atoms with Gasteiger partial charge in [-0.15, -0.1) is 0 Å². The summed E-state index contributed by atoms with van der Waals surface area (Å²) in [6.07, 6.45) is 0.609. The first-order chi connectivity index (χ1) is 8.24. The van der Waals surface area contributed by atoms with Crippen LogP contribution in [0.5, 0.6) is 0 Å². The number of hydrogen-bond acceptors (Lipinski definition) is 3. The van der Waals surface area contributed by atoms with Gasteiger partial charge in [0.15, 0.2) is 0 Å². The van der Waals surface area contributed by atoms with Crippen molar-refractivity contribution in [3.8, 4) is 0 Å². The van der Waals surface area contributed by atoms with E-state index in [4.69, 9.17) is 10.5 Å². The summed E-state index contributed by atoms with van der Waals surface area (Å²) in [6.45, 7) is 1.06. The highest BCUT2D eigenvalue weighted by Crippen LogP contribution is 2.26. The molecular formula is C13H16N2O2. The normalized spacial score (nSPS) is 15.8. The minimum Gasteiger partial charge on any atom is -0.510 e. The largest absolute Gasteiger partial charge is 0.510 e. The van der Waals surface area contributed by atoms with Crippen molar-refractivity contribution >= 4 is 11.4 Å². The van der Waals surface area contributed by atoms with Crippen molar-refractivity contribution in [3.05, 3.63) is 41.7 Å². The first-order valence-corrected chi connectivity index (χ1v) is 5.66. The molecule has 1 aliphatic rings. The molecule has 4 nitrogen and oxygen atoms in total. The van der Waals surface area contributed by atoms with E-state index in [1.165, 1.54) is 0 Å². The second kappa shape index (κ2) is 5.01. The van der Waals surface area contributed by atoms with Crippen molar-refractivity contribution in [1.29, 1.82) is 5.41 Å². The number of hydrogen-bond donors (Lipinski definition) is 3. The highest BCUT2D eigenvalue weighted by molar-refractivity contribution is 6.23. The third-order valence-electron chi connectivity index (χ3n) is 2.83. The summed E-state index contributed by atoms with van der Waals surface area (Å²) in [5.41, 5.74) is 1.46. The van der Waals surface area contributed by atoms with Gasteiger partial charge < -0.3 is 15.1 Å². The van der Waals surface area contributed by atoms with E-state index >= 15 is 0 Å². The molecular weight excluding hydrogens is 216 g/mol. The molecule has 90 valence electrons. The Labute approximate surface area is 100 Å². The highest BCUT2D eigenvalue weighted by atomic mass is 16.3. The summed E-state index contributed by atoms with van der Waals surface area (Å²) in [4.78, 5) is 1.77. The molecule has 0 saturated heterocycles. The van der Waals surface area contributed by atoms with Crippen LogP contribution in [0.4, 0.5) is 0 Å². The van der Waals surface area contributed by atoms with Gasteiger partial charge >= 0.3 is 0 Å². The van der Waals surface area contributed by atoms with E-state index in [-0.39, 0.29) is 12.4 Å². The van der Waals surface area contributed by atoms with Gasteiger partial charge in [-0.05, 0) is 12.0 Å². The van der Waals surface area contributed by atoms with Crippen molar-refractivity contribution in [1.82, 2.24) is 4.90 Å². The summed E-state index contributed by atoms with van der Waals surface area (Å²) in [7, 11) is 0. The zero-order chi connectivity index (χ0) is 12.3. The molecule has 0 bridgehead atoms.